The van der Waals surface area contributed by atoms with E-state index in [1.54, 1.807) is 0 Å². The highest BCUT2D eigenvalue weighted by molar-refractivity contribution is 5.76. The van der Waals surface area contributed by atoms with Crippen LogP contribution in [-0.4, -0.2) is 30.7 Å². The van der Waals surface area contributed by atoms with Crippen molar-refractivity contribution in [2.75, 3.05) is 19.9 Å². The van der Waals surface area contributed by atoms with Gasteiger partial charge in [0.25, 0.3) is 0 Å². The molecule has 1 aromatic carbocycles. The fraction of sp³-hybridized carbons (Fsp3) is 0.591. The number of hydrogen-bond acceptors (Lipinski definition) is 3. The Hall–Kier alpha value is -1.97. The fourth-order valence-corrected chi connectivity index (χ4v) is 3.19. The van der Waals surface area contributed by atoms with Crippen LogP contribution in [0.5, 0.6) is 11.5 Å². The number of ether oxygens (including phenoxy) is 2. The molecule has 26 heavy (non-hydrogen) atoms. The Kier molecular flexibility index (Phi) is 9.08. The monoisotopic (exact) mass is 359 g/mol. The van der Waals surface area contributed by atoms with Crippen molar-refractivity contribution in [2.24, 2.45) is 0 Å². The average molecular weight is 360 g/mol. The smallest absolute Gasteiger partial charge is 0.231 e. The molecule has 4 heteroatoms. The van der Waals surface area contributed by atoms with Crippen molar-refractivity contribution < 1.29 is 14.3 Å². The first-order valence-electron chi connectivity index (χ1n) is 10.1. The maximum absolute atomic E-state index is 12.0. The predicted octanol–water partition coefficient (Wildman–Crippen LogP) is 5.42. The summed E-state index contributed by atoms with van der Waals surface area (Å²) in [6.45, 7) is 6.23. The number of hydrogen-bond donors (Lipinski definition) is 0. The molecule has 1 aliphatic rings. The van der Waals surface area contributed by atoms with Crippen molar-refractivity contribution in [3.63, 3.8) is 0 Å². The van der Waals surface area contributed by atoms with E-state index in [0.717, 1.165) is 55.8 Å². The zero-order valence-electron chi connectivity index (χ0n) is 16.3. The molecule has 0 N–H and O–H groups in total. The summed E-state index contributed by atoms with van der Waals surface area (Å²) < 4.78 is 10.7. The second-order valence-corrected chi connectivity index (χ2v) is 6.79. The normalized spacial score (nSPS) is 12.7. The second-order valence-electron chi connectivity index (χ2n) is 6.79. The van der Waals surface area contributed by atoms with Gasteiger partial charge in [-0.25, -0.2) is 0 Å². The van der Waals surface area contributed by atoms with E-state index < -0.39 is 0 Å². The lowest BCUT2D eigenvalue weighted by atomic mass is 10.1. The summed E-state index contributed by atoms with van der Waals surface area (Å²) in [5.74, 6) is 1.99. The number of rotatable bonds is 12. The summed E-state index contributed by atoms with van der Waals surface area (Å²) in [4.78, 5) is 14.0. The molecule has 1 heterocycles. The van der Waals surface area contributed by atoms with E-state index in [2.05, 4.69) is 32.1 Å². The minimum atomic E-state index is 0.320. The SMILES string of the molecule is CCCN(CC)C(=O)CCCCCCC/C=C/c1ccc2c(c1)OCO2. The molecule has 0 fully saturated rings. The molecule has 0 unspecified atom stereocenters. The second kappa shape index (κ2) is 11.6. The van der Waals surface area contributed by atoms with Crippen molar-refractivity contribution in [2.45, 2.75) is 65.2 Å². The lowest BCUT2D eigenvalue weighted by Gasteiger charge is -2.19. The van der Waals surface area contributed by atoms with Gasteiger partial charge in [-0.15, -0.1) is 0 Å². The van der Waals surface area contributed by atoms with Gasteiger partial charge in [0, 0.05) is 19.5 Å². The standard InChI is InChI=1S/C22H33NO3/c1-3-16-23(4-2)22(24)13-11-9-7-5-6-8-10-12-19-14-15-20-21(17-19)26-18-25-20/h10,12,14-15,17H,3-9,11,13,16,18H2,1-2H3/b12-10+. The summed E-state index contributed by atoms with van der Waals surface area (Å²) in [6.07, 6.45) is 13.0. The number of amides is 1. The van der Waals surface area contributed by atoms with E-state index in [0.29, 0.717) is 19.1 Å². The summed E-state index contributed by atoms with van der Waals surface area (Å²) in [5.41, 5.74) is 1.15. The molecule has 0 aromatic heterocycles. The third-order valence-corrected chi connectivity index (χ3v) is 4.70. The van der Waals surface area contributed by atoms with Crippen LogP contribution in [0.3, 0.4) is 0 Å². The highest BCUT2D eigenvalue weighted by Crippen LogP contribution is 2.32. The van der Waals surface area contributed by atoms with Gasteiger partial charge in [-0.05, 0) is 50.3 Å². The Balaban J connectivity index is 1.51. The van der Waals surface area contributed by atoms with Gasteiger partial charge in [0.15, 0.2) is 11.5 Å². The van der Waals surface area contributed by atoms with Crippen LogP contribution in [-0.2, 0) is 4.79 Å². The number of nitrogens with zero attached hydrogens (tertiary/aromatic N) is 1. The first kappa shape index (κ1) is 20.3. The topological polar surface area (TPSA) is 38.8 Å². The van der Waals surface area contributed by atoms with E-state index in [-0.39, 0.29) is 0 Å². The lowest BCUT2D eigenvalue weighted by molar-refractivity contribution is -0.131. The zero-order chi connectivity index (χ0) is 18.6. The molecule has 4 nitrogen and oxygen atoms in total. The van der Waals surface area contributed by atoms with Crippen molar-refractivity contribution in [1.29, 1.82) is 0 Å². The summed E-state index contributed by atoms with van der Waals surface area (Å²) >= 11 is 0. The van der Waals surface area contributed by atoms with Crippen LogP contribution in [0.25, 0.3) is 6.08 Å². The van der Waals surface area contributed by atoms with Gasteiger partial charge in [-0.2, -0.15) is 0 Å². The Morgan fingerprint density at radius 1 is 1.08 bits per heavy atom. The molecule has 1 aromatic rings. The van der Waals surface area contributed by atoms with Crippen LogP contribution in [0, 0.1) is 0 Å². The summed E-state index contributed by atoms with van der Waals surface area (Å²) in [7, 11) is 0. The van der Waals surface area contributed by atoms with Gasteiger partial charge in [-0.1, -0.05) is 44.4 Å². The van der Waals surface area contributed by atoms with Gasteiger partial charge in [0.2, 0.25) is 12.7 Å². The molecule has 0 spiro atoms. The van der Waals surface area contributed by atoms with Gasteiger partial charge >= 0.3 is 0 Å². The van der Waals surface area contributed by atoms with Crippen molar-refractivity contribution in [1.82, 2.24) is 4.90 Å². The third kappa shape index (κ3) is 6.74. The molecule has 0 saturated heterocycles. The largest absolute Gasteiger partial charge is 0.454 e. The zero-order valence-corrected chi connectivity index (χ0v) is 16.3. The molecular formula is C22H33NO3. The fourth-order valence-electron chi connectivity index (χ4n) is 3.19. The van der Waals surface area contributed by atoms with E-state index in [1.165, 1.54) is 19.3 Å². The Morgan fingerprint density at radius 3 is 2.65 bits per heavy atom. The van der Waals surface area contributed by atoms with Gasteiger partial charge in [0.1, 0.15) is 0 Å². The van der Waals surface area contributed by atoms with Crippen LogP contribution < -0.4 is 9.47 Å². The minimum Gasteiger partial charge on any atom is -0.454 e. The number of carbonyl (C=O) groups excluding carboxylic acids is 1. The molecule has 0 atom stereocenters. The quantitative estimate of drug-likeness (QED) is 0.468. The van der Waals surface area contributed by atoms with Crippen LogP contribution in [0.2, 0.25) is 0 Å². The maximum Gasteiger partial charge on any atom is 0.231 e. The highest BCUT2D eigenvalue weighted by atomic mass is 16.7. The van der Waals surface area contributed by atoms with Crippen molar-refractivity contribution in [3.8, 4) is 11.5 Å². The molecular weight excluding hydrogens is 326 g/mol. The molecule has 2 rings (SSSR count). The molecule has 1 amide bonds. The molecule has 1 aliphatic heterocycles. The number of unbranched alkanes of at least 4 members (excludes halogenated alkanes) is 5. The van der Waals surface area contributed by atoms with E-state index >= 15 is 0 Å². The van der Waals surface area contributed by atoms with E-state index in [1.807, 2.05) is 17.0 Å². The Morgan fingerprint density at radius 2 is 1.85 bits per heavy atom. The number of allylic oxidation sites excluding steroid dienone is 1. The first-order chi connectivity index (χ1) is 12.7. The van der Waals surface area contributed by atoms with Crippen LogP contribution in [0.15, 0.2) is 24.3 Å². The van der Waals surface area contributed by atoms with Crippen LogP contribution in [0.1, 0.15) is 70.8 Å². The van der Waals surface area contributed by atoms with Gasteiger partial charge in [-0.3, -0.25) is 4.79 Å². The van der Waals surface area contributed by atoms with Gasteiger partial charge < -0.3 is 14.4 Å². The number of fused-ring (bicyclic) bond motifs is 1. The Labute approximate surface area is 158 Å². The molecule has 0 radical (unpaired) electrons. The Bertz CT molecular complexity index is 583. The highest BCUT2D eigenvalue weighted by Gasteiger charge is 2.12. The molecule has 0 aliphatic carbocycles. The maximum atomic E-state index is 12.0. The summed E-state index contributed by atoms with van der Waals surface area (Å²) in [6, 6.07) is 6.04. The average Bonchev–Trinajstić information content (AvgIpc) is 3.12. The van der Waals surface area contributed by atoms with Crippen LogP contribution in [0.4, 0.5) is 0 Å². The predicted molar refractivity (Wildman–Crippen MR) is 106 cm³/mol. The lowest BCUT2D eigenvalue weighted by Crippen LogP contribution is -2.31. The van der Waals surface area contributed by atoms with Crippen molar-refractivity contribution >= 4 is 12.0 Å². The van der Waals surface area contributed by atoms with E-state index in [9.17, 15) is 4.79 Å². The third-order valence-electron chi connectivity index (χ3n) is 4.70. The number of carbonyl (C=O) groups is 1. The first-order valence-corrected chi connectivity index (χ1v) is 10.1. The van der Waals surface area contributed by atoms with E-state index in [4.69, 9.17) is 9.47 Å². The minimum absolute atomic E-state index is 0.320. The van der Waals surface area contributed by atoms with Crippen LogP contribution >= 0.6 is 0 Å². The molecule has 0 bridgehead atoms. The summed E-state index contributed by atoms with van der Waals surface area (Å²) in [5, 5.41) is 0. The molecule has 144 valence electrons. The van der Waals surface area contributed by atoms with Crippen molar-refractivity contribution in [3.05, 3.63) is 29.8 Å². The number of benzene rings is 1. The molecule has 0 saturated carbocycles. The van der Waals surface area contributed by atoms with Gasteiger partial charge in [0.05, 0.1) is 0 Å².